The maximum absolute atomic E-state index is 11.4. The topological polar surface area (TPSA) is 59.0 Å². The van der Waals surface area contributed by atoms with Crippen LogP contribution in [0.4, 0.5) is 0 Å². The number of hydrogen-bond donors (Lipinski definition) is 1. The molecule has 1 saturated carbocycles. The number of aliphatic carboxylic acids is 1. The molecule has 1 saturated heterocycles. The molecule has 2 fully saturated rings. The van der Waals surface area contributed by atoms with E-state index in [0.717, 1.165) is 25.7 Å². The number of carboxylic acids is 1. The maximum Gasteiger partial charge on any atom is 0.335 e. The third kappa shape index (κ3) is 3.03. The molecule has 1 aliphatic heterocycles. The van der Waals surface area contributed by atoms with Crippen molar-refractivity contribution in [3.63, 3.8) is 0 Å². The van der Waals surface area contributed by atoms with Gasteiger partial charge >= 0.3 is 5.97 Å². The van der Waals surface area contributed by atoms with Gasteiger partial charge in [-0.3, -0.25) is 0 Å². The van der Waals surface area contributed by atoms with Gasteiger partial charge in [0.05, 0.1) is 10.6 Å². The fourth-order valence-electron chi connectivity index (χ4n) is 4.20. The molecule has 1 heterocycles. The van der Waals surface area contributed by atoms with E-state index in [1.54, 1.807) is 6.92 Å². The average Bonchev–Trinajstić information content (AvgIpc) is 2.91. The van der Waals surface area contributed by atoms with Crippen LogP contribution in [-0.2, 0) is 14.3 Å². The van der Waals surface area contributed by atoms with Gasteiger partial charge in [0, 0.05) is 12.0 Å². The van der Waals surface area contributed by atoms with Crippen molar-refractivity contribution in [2.75, 3.05) is 14.1 Å². The largest absolute Gasteiger partial charge is 0.478 e. The number of rotatable bonds is 3. The predicted molar refractivity (Wildman–Crippen MR) is 91.9 cm³/mol. The molecule has 0 spiro atoms. The van der Waals surface area contributed by atoms with Gasteiger partial charge in [-0.15, -0.1) is 0 Å². The summed E-state index contributed by atoms with van der Waals surface area (Å²) >= 11 is 6.30. The monoisotopic (exact) mass is 355 g/mol. The molecule has 1 N–H and O–H groups in total. The van der Waals surface area contributed by atoms with E-state index in [9.17, 15) is 9.90 Å². The van der Waals surface area contributed by atoms with Crippen LogP contribution in [0.5, 0.6) is 0 Å². The molecule has 0 aromatic carbocycles. The smallest absolute Gasteiger partial charge is 0.335 e. The second-order valence-electron chi connectivity index (χ2n) is 7.49. The maximum atomic E-state index is 11.4. The highest BCUT2D eigenvalue weighted by Crippen LogP contribution is 2.47. The predicted octanol–water partition coefficient (Wildman–Crippen LogP) is 3.14. The normalized spacial score (nSPS) is 39.8. The summed E-state index contributed by atoms with van der Waals surface area (Å²) in [5.74, 6) is -1.40. The minimum absolute atomic E-state index is 0.213. The fraction of sp³-hybridized carbons (Fsp3) is 0.722. The van der Waals surface area contributed by atoms with Crippen molar-refractivity contribution in [3.05, 3.63) is 22.3 Å². The van der Waals surface area contributed by atoms with Gasteiger partial charge < -0.3 is 19.5 Å². The number of ether oxygens (including phenoxy) is 2. The summed E-state index contributed by atoms with van der Waals surface area (Å²) in [4.78, 5) is 13.7. The van der Waals surface area contributed by atoms with Gasteiger partial charge in [-0.05, 0) is 65.3 Å². The van der Waals surface area contributed by atoms with E-state index in [1.807, 2.05) is 6.92 Å². The van der Waals surface area contributed by atoms with Crippen LogP contribution >= 0.6 is 11.6 Å². The average molecular weight is 356 g/mol. The Bertz CT molecular complexity index is 592. The lowest BCUT2D eigenvalue weighted by Gasteiger charge is -2.39. The molecule has 3 aliphatic rings. The molecule has 24 heavy (non-hydrogen) atoms. The summed E-state index contributed by atoms with van der Waals surface area (Å²) in [5, 5.41) is 9.76. The number of fused-ring (bicyclic) bond motifs is 1. The van der Waals surface area contributed by atoms with E-state index < -0.39 is 24.0 Å². The van der Waals surface area contributed by atoms with Gasteiger partial charge in [-0.25, -0.2) is 4.79 Å². The van der Waals surface area contributed by atoms with Crippen LogP contribution in [0.1, 0.15) is 39.5 Å². The number of carbonyl (C=O) groups is 1. The zero-order valence-corrected chi connectivity index (χ0v) is 15.5. The van der Waals surface area contributed by atoms with Crippen molar-refractivity contribution in [2.24, 2.45) is 5.92 Å². The Morgan fingerprint density at radius 1 is 1.25 bits per heavy atom. The molecule has 6 heteroatoms. The molecular weight excluding hydrogens is 330 g/mol. The molecule has 0 aromatic heterocycles. The molecule has 2 aliphatic carbocycles. The van der Waals surface area contributed by atoms with Crippen molar-refractivity contribution in [2.45, 2.75) is 63.6 Å². The molecule has 0 aromatic rings. The van der Waals surface area contributed by atoms with Gasteiger partial charge in [0.15, 0.2) is 5.79 Å². The third-order valence-electron chi connectivity index (χ3n) is 5.80. The number of carboxylic acid groups (broad SMARTS) is 1. The van der Waals surface area contributed by atoms with E-state index in [2.05, 4.69) is 19.0 Å². The first-order valence-electron chi connectivity index (χ1n) is 8.56. The zero-order chi connectivity index (χ0) is 17.6. The quantitative estimate of drug-likeness (QED) is 0.842. The molecule has 3 atom stereocenters. The molecule has 134 valence electrons. The Kier molecular flexibility index (Phi) is 4.82. The van der Waals surface area contributed by atoms with Crippen LogP contribution < -0.4 is 0 Å². The molecule has 5 nitrogen and oxygen atoms in total. The van der Waals surface area contributed by atoms with Crippen molar-refractivity contribution < 1.29 is 19.4 Å². The highest BCUT2D eigenvalue weighted by Gasteiger charge is 2.52. The Morgan fingerprint density at radius 3 is 2.38 bits per heavy atom. The minimum atomic E-state index is -0.979. The van der Waals surface area contributed by atoms with E-state index >= 15 is 0 Å². The molecular formula is C18H26ClNO4. The highest BCUT2D eigenvalue weighted by atomic mass is 35.5. The Morgan fingerprint density at radius 2 is 1.83 bits per heavy atom. The van der Waals surface area contributed by atoms with Crippen LogP contribution in [0.15, 0.2) is 22.3 Å². The van der Waals surface area contributed by atoms with Crippen molar-refractivity contribution in [1.29, 1.82) is 0 Å². The van der Waals surface area contributed by atoms with Gasteiger partial charge in [0.1, 0.15) is 12.2 Å². The zero-order valence-electron chi connectivity index (χ0n) is 14.7. The van der Waals surface area contributed by atoms with Gasteiger partial charge in [0.25, 0.3) is 0 Å². The van der Waals surface area contributed by atoms with Gasteiger partial charge in [-0.1, -0.05) is 11.6 Å². The number of nitrogens with zero attached hydrogens (tertiary/aromatic N) is 1. The van der Waals surface area contributed by atoms with Crippen LogP contribution in [0, 0.1) is 5.92 Å². The lowest BCUT2D eigenvalue weighted by molar-refractivity contribution is -0.201. The molecule has 0 radical (unpaired) electrons. The number of halogens is 1. The second-order valence-corrected chi connectivity index (χ2v) is 7.93. The summed E-state index contributed by atoms with van der Waals surface area (Å²) in [5.41, 5.74) is 0.896. The van der Waals surface area contributed by atoms with Crippen LogP contribution in [0.3, 0.4) is 0 Å². The van der Waals surface area contributed by atoms with Crippen LogP contribution in [0.2, 0.25) is 0 Å². The van der Waals surface area contributed by atoms with Gasteiger partial charge in [0.2, 0.25) is 0 Å². The van der Waals surface area contributed by atoms with E-state index in [1.165, 1.54) is 6.08 Å². The Labute approximate surface area is 148 Å². The summed E-state index contributed by atoms with van der Waals surface area (Å²) in [6.07, 6.45) is 5.00. The summed E-state index contributed by atoms with van der Waals surface area (Å²) in [6, 6.07) is 0.609. The lowest BCUT2D eigenvalue weighted by atomic mass is 9.81. The van der Waals surface area contributed by atoms with E-state index in [4.69, 9.17) is 21.1 Å². The first-order chi connectivity index (χ1) is 11.2. The van der Waals surface area contributed by atoms with Crippen LogP contribution in [-0.4, -0.2) is 54.1 Å². The first kappa shape index (κ1) is 17.9. The summed E-state index contributed by atoms with van der Waals surface area (Å²) in [7, 11) is 4.24. The minimum Gasteiger partial charge on any atom is -0.478 e. The van der Waals surface area contributed by atoms with Crippen LogP contribution in [0.25, 0.3) is 0 Å². The molecule has 0 amide bonds. The second kappa shape index (κ2) is 6.45. The van der Waals surface area contributed by atoms with Crippen molar-refractivity contribution in [3.8, 4) is 0 Å². The third-order valence-corrected chi connectivity index (χ3v) is 6.13. The van der Waals surface area contributed by atoms with E-state index in [0.29, 0.717) is 22.6 Å². The highest BCUT2D eigenvalue weighted by molar-refractivity contribution is 6.31. The Hall–Kier alpha value is -0.880. The Balaban J connectivity index is 1.77. The first-order valence-corrected chi connectivity index (χ1v) is 8.94. The molecule has 2 unspecified atom stereocenters. The number of hydrogen-bond acceptors (Lipinski definition) is 4. The standard InChI is InChI=1S/C18H26ClNO4/c1-10-13(17(21)22)9-14(19)16-15(10)23-18(2,24-16)11-5-7-12(8-6-11)20(3)4/h9,11-12,15-16H,5-8H2,1-4H3,(H,21,22)/t11?,12?,15?,16?,18-/m1/s1. The summed E-state index contributed by atoms with van der Waals surface area (Å²) in [6.45, 7) is 3.77. The SMILES string of the molecule is CC1=C(C(=O)O)C=C(Cl)C2O[C@](C)(C3CCC(N(C)C)CC3)OC12. The van der Waals surface area contributed by atoms with Crippen molar-refractivity contribution >= 4 is 17.6 Å². The fourth-order valence-corrected chi connectivity index (χ4v) is 4.47. The molecule has 3 rings (SSSR count). The molecule has 0 bridgehead atoms. The summed E-state index contributed by atoms with van der Waals surface area (Å²) < 4.78 is 12.5. The van der Waals surface area contributed by atoms with Crippen molar-refractivity contribution in [1.82, 2.24) is 4.90 Å². The lowest BCUT2D eigenvalue weighted by Crippen LogP contribution is -2.42. The van der Waals surface area contributed by atoms with E-state index in [-0.39, 0.29) is 5.57 Å². The van der Waals surface area contributed by atoms with Gasteiger partial charge in [-0.2, -0.15) is 0 Å².